The molecule has 1 atom stereocenters. The average Bonchev–Trinajstić information content (AvgIpc) is 3.03. The topological polar surface area (TPSA) is 87.2 Å². The summed E-state index contributed by atoms with van der Waals surface area (Å²) in [5.41, 5.74) is 3.20. The smallest absolute Gasteiger partial charge is 0.237 e. The Morgan fingerprint density at radius 3 is 2.92 bits per heavy atom. The van der Waals surface area contributed by atoms with E-state index in [2.05, 4.69) is 44.2 Å². The van der Waals surface area contributed by atoms with Gasteiger partial charge in [0.1, 0.15) is 0 Å². The molecule has 8 heteroatoms. The van der Waals surface area contributed by atoms with Gasteiger partial charge in [0, 0.05) is 19.6 Å². The van der Waals surface area contributed by atoms with Crippen LogP contribution in [-0.4, -0.2) is 45.4 Å². The van der Waals surface area contributed by atoms with Crippen LogP contribution in [0.25, 0.3) is 0 Å². The predicted molar refractivity (Wildman–Crippen MR) is 99.5 cm³/mol. The van der Waals surface area contributed by atoms with E-state index in [4.69, 9.17) is 0 Å². The lowest BCUT2D eigenvalue weighted by Crippen LogP contribution is -2.56. The van der Waals surface area contributed by atoms with Crippen molar-refractivity contribution in [2.75, 3.05) is 13.1 Å². The Bertz CT molecular complexity index is 791. The summed E-state index contributed by atoms with van der Waals surface area (Å²) >= 11 is 1.28. The minimum atomic E-state index is -0.455. The number of nitrogens with one attached hydrogen (secondary N) is 2. The Morgan fingerprint density at radius 1 is 1.38 bits per heavy atom. The van der Waals surface area contributed by atoms with Crippen LogP contribution < -0.4 is 10.6 Å². The van der Waals surface area contributed by atoms with Crippen molar-refractivity contribution in [3.05, 3.63) is 46.0 Å². The molecule has 0 saturated carbocycles. The van der Waals surface area contributed by atoms with Gasteiger partial charge in [-0.05, 0) is 36.5 Å². The van der Waals surface area contributed by atoms with Crippen LogP contribution in [0, 0.1) is 13.8 Å². The van der Waals surface area contributed by atoms with E-state index in [0.29, 0.717) is 19.6 Å². The van der Waals surface area contributed by atoms with Crippen LogP contribution in [0.5, 0.6) is 0 Å². The van der Waals surface area contributed by atoms with Crippen molar-refractivity contribution in [2.24, 2.45) is 0 Å². The lowest BCUT2D eigenvalue weighted by Gasteiger charge is -2.35. The van der Waals surface area contributed by atoms with Crippen molar-refractivity contribution in [1.82, 2.24) is 25.1 Å². The van der Waals surface area contributed by atoms with Crippen LogP contribution in [0.15, 0.2) is 24.3 Å². The summed E-state index contributed by atoms with van der Waals surface area (Å²) in [6, 6.07) is 7.68. The summed E-state index contributed by atoms with van der Waals surface area (Å²) in [6.07, 6.45) is 0.142. The molecule has 0 radical (unpaired) electrons. The summed E-state index contributed by atoms with van der Waals surface area (Å²) in [4.78, 5) is 27.7. The van der Waals surface area contributed by atoms with E-state index in [1.54, 1.807) is 0 Å². The second-order valence-electron chi connectivity index (χ2n) is 6.47. The van der Waals surface area contributed by atoms with Gasteiger partial charge in [0.25, 0.3) is 0 Å². The van der Waals surface area contributed by atoms with Crippen molar-refractivity contribution in [3.8, 4) is 0 Å². The number of hydrogen-bond donors (Lipinski definition) is 2. The molecule has 1 aliphatic rings. The number of benzene rings is 1. The number of nitrogens with zero attached hydrogens (tertiary/aromatic N) is 3. The predicted octanol–water partition coefficient (Wildman–Crippen LogP) is 1.16. The molecule has 3 rings (SSSR count). The number of hydrogen-bond acceptors (Lipinski definition) is 6. The average molecular weight is 373 g/mol. The molecular formula is C18H23N5O2S. The van der Waals surface area contributed by atoms with Gasteiger partial charge in [0.05, 0.1) is 29.6 Å². The van der Waals surface area contributed by atoms with Gasteiger partial charge in [0.15, 0.2) is 0 Å². The number of rotatable bonds is 6. The van der Waals surface area contributed by atoms with E-state index in [1.165, 1.54) is 22.7 Å². The monoisotopic (exact) mass is 373 g/mol. The maximum absolute atomic E-state index is 12.4. The number of aryl methyl sites for hydroxylation is 2. The normalized spacial score (nSPS) is 17.8. The van der Waals surface area contributed by atoms with E-state index >= 15 is 0 Å². The first-order chi connectivity index (χ1) is 12.5. The second-order valence-corrected chi connectivity index (χ2v) is 7.30. The van der Waals surface area contributed by atoms with E-state index in [-0.39, 0.29) is 18.2 Å². The molecule has 1 saturated heterocycles. The Labute approximate surface area is 157 Å². The number of carbonyl (C=O) groups excluding carboxylic acids is 2. The third kappa shape index (κ3) is 4.44. The maximum Gasteiger partial charge on any atom is 0.237 e. The van der Waals surface area contributed by atoms with E-state index in [9.17, 15) is 9.59 Å². The molecule has 0 bridgehead atoms. The van der Waals surface area contributed by atoms with Crippen LogP contribution >= 0.6 is 11.5 Å². The molecule has 2 heterocycles. The molecule has 2 aromatic rings. The molecule has 2 N–H and O–H groups in total. The molecule has 138 valence electrons. The molecule has 0 aliphatic carbocycles. The highest BCUT2D eigenvalue weighted by molar-refractivity contribution is 7.05. The molecule has 26 heavy (non-hydrogen) atoms. The summed E-state index contributed by atoms with van der Waals surface area (Å²) < 4.78 is 3.86. The molecule has 1 aromatic heterocycles. The van der Waals surface area contributed by atoms with Crippen LogP contribution in [0.2, 0.25) is 0 Å². The molecule has 1 unspecified atom stereocenters. The van der Waals surface area contributed by atoms with Crippen LogP contribution in [0.4, 0.5) is 0 Å². The van der Waals surface area contributed by atoms with Gasteiger partial charge in [0.2, 0.25) is 11.8 Å². The standard InChI is InChI=1S/C18H23N5O2S/c1-12-5-3-4-6-14(12)11-23-8-7-19-18(25)15(23)9-17(24)20-10-16-13(2)21-22-26-16/h3-6,15H,7-11H2,1-2H3,(H,19,25)(H,20,24). The minimum absolute atomic E-state index is 0.0874. The largest absolute Gasteiger partial charge is 0.353 e. The summed E-state index contributed by atoms with van der Waals surface area (Å²) in [7, 11) is 0. The van der Waals surface area contributed by atoms with E-state index in [0.717, 1.165) is 17.1 Å². The zero-order valence-corrected chi connectivity index (χ0v) is 15.8. The van der Waals surface area contributed by atoms with Crippen molar-refractivity contribution in [2.45, 2.75) is 39.4 Å². The molecule has 1 fully saturated rings. The molecule has 2 amide bonds. The van der Waals surface area contributed by atoms with Crippen molar-refractivity contribution in [1.29, 1.82) is 0 Å². The second kappa shape index (κ2) is 8.37. The fourth-order valence-electron chi connectivity index (χ4n) is 3.02. The van der Waals surface area contributed by atoms with Gasteiger partial charge in [-0.25, -0.2) is 0 Å². The molecule has 0 spiro atoms. The molecule has 1 aliphatic heterocycles. The maximum atomic E-state index is 12.4. The fourth-order valence-corrected chi connectivity index (χ4v) is 3.59. The first kappa shape index (κ1) is 18.5. The Hall–Kier alpha value is -2.32. The van der Waals surface area contributed by atoms with Crippen molar-refractivity contribution in [3.63, 3.8) is 0 Å². The highest BCUT2D eigenvalue weighted by Gasteiger charge is 2.31. The molecule has 1 aromatic carbocycles. The van der Waals surface area contributed by atoms with Gasteiger partial charge in [-0.2, -0.15) is 0 Å². The number of piperazine rings is 1. The highest BCUT2D eigenvalue weighted by atomic mass is 32.1. The van der Waals surface area contributed by atoms with Gasteiger partial charge in [-0.3, -0.25) is 14.5 Å². The van der Waals surface area contributed by atoms with E-state index < -0.39 is 6.04 Å². The lowest BCUT2D eigenvalue weighted by atomic mass is 10.0. The quantitative estimate of drug-likeness (QED) is 0.793. The number of carbonyl (C=O) groups is 2. The van der Waals surface area contributed by atoms with Gasteiger partial charge in [-0.1, -0.05) is 28.8 Å². The first-order valence-corrected chi connectivity index (χ1v) is 9.42. The van der Waals surface area contributed by atoms with Crippen LogP contribution in [0.1, 0.15) is 28.1 Å². The summed E-state index contributed by atoms with van der Waals surface area (Å²) in [6.45, 7) is 6.32. The number of aromatic nitrogens is 2. The van der Waals surface area contributed by atoms with Crippen molar-refractivity contribution >= 4 is 23.3 Å². The molecule has 7 nitrogen and oxygen atoms in total. The fraction of sp³-hybridized carbons (Fsp3) is 0.444. The SMILES string of the molecule is Cc1ccccc1CN1CCNC(=O)C1CC(=O)NCc1snnc1C. The van der Waals surface area contributed by atoms with E-state index in [1.807, 2.05) is 19.1 Å². The van der Waals surface area contributed by atoms with Gasteiger partial charge in [-0.15, -0.1) is 5.10 Å². The third-order valence-electron chi connectivity index (χ3n) is 4.65. The zero-order chi connectivity index (χ0) is 18.5. The van der Waals surface area contributed by atoms with Gasteiger partial charge < -0.3 is 10.6 Å². The Morgan fingerprint density at radius 2 is 2.19 bits per heavy atom. The van der Waals surface area contributed by atoms with Crippen LogP contribution in [-0.2, 0) is 22.7 Å². The molecular weight excluding hydrogens is 350 g/mol. The summed E-state index contributed by atoms with van der Waals surface area (Å²) in [5, 5.41) is 9.68. The van der Waals surface area contributed by atoms with Crippen molar-refractivity contribution < 1.29 is 9.59 Å². The Kier molecular flexibility index (Phi) is 5.95. The zero-order valence-electron chi connectivity index (χ0n) is 15.0. The van der Waals surface area contributed by atoms with Crippen LogP contribution in [0.3, 0.4) is 0 Å². The summed E-state index contributed by atoms with van der Waals surface area (Å²) in [5.74, 6) is -0.231. The van der Waals surface area contributed by atoms with Gasteiger partial charge >= 0.3 is 0 Å². The highest BCUT2D eigenvalue weighted by Crippen LogP contribution is 2.16. The first-order valence-electron chi connectivity index (χ1n) is 8.65. The third-order valence-corrected chi connectivity index (χ3v) is 5.47. The minimum Gasteiger partial charge on any atom is -0.353 e. The number of amides is 2. The lowest BCUT2D eigenvalue weighted by molar-refractivity contribution is -0.134. The Balaban J connectivity index is 1.62.